The monoisotopic (exact) mass is 244 g/mol. The Labute approximate surface area is 107 Å². The minimum Gasteiger partial charge on any atom is -0.384 e. The van der Waals surface area contributed by atoms with E-state index in [-0.39, 0.29) is 11.7 Å². The predicted molar refractivity (Wildman–Crippen MR) is 71.3 cm³/mol. The summed E-state index contributed by atoms with van der Waals surface area (Å²) in [5, 5.41) is 7.30. The number of amidine groups is 1. The molecule has 95 valence electrons. The molecule has 0 spiro atoms. The molecule has 0 unspecified atom stereocenters. The van der Waals surface area contributed by atoms with Crippen LogP contribution in [0, 0.1) is 11.8 Å². The maximum atomic E-state index is 11.8. The van der Waals surface area contributed by atoms with Gasteiger partial charge < -0.3 is 10.6 Å². The van der Waals surface area contributed by atoms with Gasteiger partial charge in [0.05, 0.1) is 6.42 Å². The van der Waals surface area contributed by atoms with E-state index in [1.54, 1.807) is 6.42 Å². The molecular formula is C14H18N3O. The molecule has 1 heterocycles. The van der Waals surface area contributed by atoms with Gasteiger partial charge in [-0.25, -0.2) is 0 Å². The van der Waals surface area contributed by atoms with Crippen LogP contribution in [0.1, 0.15) is 24.0 Å². The lowest BCUT2D eigenvalue weighted by Gasteiger charge is -2.14. The molecule has 1 fully saturated rings. The van der Waals surface area contributed by atoms with E-state index in [9.17, 15) is 4.79 Å². The van der Waals surface area contributed by atoms with Crippen LogP contribution >= 0.6 is 0 Å². The molecule has 1 aromatic carbocycles. The Kier molecular flexibility index (Phi) is 3.97. The maximum Gasteiger partial charge on any atom is 0.226 e. The Morgan fingerprint density at radius 1 is 1.28 bits per heavy atom. The van der Waals surface area contributed by atoms with Crippen LogP contribution in [0.2, 0.25) is 0 Å². The molecule has 3 N–H and O–H groups in total. The maximum absolute atomic E-state index is 11.8. The highest BCUT2D eigenvalue weighted by Crippen LogP contribution is 2.11. The van der Waals surface area contributed by atoms with Gasteiger partial charge in [-0.05, 0) is 24.8 Å². The summed E-state index contributed by atoms with van der Waals surface area (Å²) in [4.78, 5) is 13.7. The van der Waals surface area contributed by atoms with E-state index in [1.807, 2.05) is 29.2 Å². The average molecular weight is 244 g/mol. The summed E-state index contributed by atoms with van der Waals surface area (Å²) in [6.45, 7) is 1.78. The van der Waals surface area contributed by atoms with E-state index in [0.717, 1.165) is 31.5 Å². The van der Waals surface area contributed by atoms with Gasteiger partial charge >= 0.3 is 0 Å². The quantitative estimate of drug-likeness (QED) is 0.620. The number of rotatable bonds is 4. The average Bonchev–Trinajstić information content (AvgIpc) is 2.90. The number of hydrogen-bond donors (Lipinski definition) is 2. The highest BCUT2D eigenvalue weighted by Gasteiger charge is 2.17. The minimum atomic E-state index is 0.0682. The largest absolute Gasteiger partial charge is 0.384 e. The molecule has 18 heavy (non-hydrogen) atoms. The fourth-order valence-corrected chi connectivity index (χ4v) is 2.09. The molecule has 1 aliphatic rings. The van der Waals surface area contributed by atoms with E-state index < -0.39 is 0 Å². The lowest BCUT2D eigenvalue weighted by Crippen LogP contribution is -2.28. The minimum absolute atomic E-state index is 0.0682. The first-order valence-electron chi connectivity index (χ1n) is 6.22. The summed E-state index contributed by atoms with van der Waals surface area (Å²) >= 11 is 0. The van der Waals surface area contributed by atoms with Crippen molar-refractivity contribution in [1.82, 2.24) is 4.90 Å². The molecule has 1 aliphatic heterocycles. The number of nitrogens with one attached hydrogen (secondary N) is 1. The van der Waals surface area contributed by atoms with Crippen molar-refractivity contribution in [3.05, 3.63) is 41.8 Å². The van der Waals surface area contributed by atoms with Gasteiger partial charge in [-0.2, -0.15) is 0 Å². The Morgan fingerprint density at radius 3 is 2.44 bits per heavy atom. The Bertz CT molecular complexity index is 433. The fourth-order valence-electron chi connectivity index (χ4n) is 2.09. The third-order valence-corrected chi connectivity index (χ3v) is 3.20. The Hall–Kier alpha value is -1.84. The van der Waals surface area contributed by atoms with Crippen LogP contribution in [-0.2, 0) is 11.2 Å². The summed E-state index contributed by atoms with van der Waals surface area (Å²) in [6, 6.07) is 7.44. The van der Waals surface area contributed by atoms with Crippen LogP contribution in [-0.4, -0.2) is 29.7 Å². The van der Waals surface area contributed by atoms with Gasteiger partial charge in [0.25, 0.3) is 0 Å². The molecule has 0 bridgehead atoms. The summed E-state index contributed by atoms with van der Waals surface area (Å²) in [6.07, 6.45) is 4.60. The van der Waals surface area contributed by atoms with E-state index in [4.69, 9.17) is 11.1 Å². The first kappa shape index (κ1) is 12.6. The molecule has 0 aliphatic carbocycles. The second-order valence-electron chi connectivity index (χ2n) is 4.55. The number of carbonyl (C=O) groups is 1. The van der Waals surface area contributed by atoms with Crippen molar-refractivity contribution in [2.24, 2.45) is 5.73 Å². The standard InChI is InChI=1S/C14H18N3O/c15-14(16)12-6-3-11(4-7-12)5-8-13(18)17-9-1-2-10-17/h3-4,6-8H,1-2,5,9-10H2,(H3,15,16). The molecule has 4 heteroatoms. The highest BCUT2D eigenvalue weighted by atomic mass is 16.2. The molecular weight excluding hydrogens is 226 g/mol. The van der Waals surface area contributed by atoms with Gasteiger partial charge in [0.1, 0.15) is 5.84 Å². The Balaban J connectivity index is 1.86. The second kappa shape index (κ2) is 5.67. The number of nitrogens with zero attached hydrogens (tertiary/aromatic N) is 1. The number of carbonyl (C=O) groups excluding carboxylic acids is 1. The van der Waals surface area contributed by atoms with E-state index in [1.165, 1.54) is 0 Å². The van der Waals surface area contributed by atoms with Gasteiger partial charge in [0, 0.05) is 18.7 Å². The lowest BCUT2D eigenvalue weighted by molar-refractivity contribution is -0.126. The molecule has 0 atom stereocenters. The van der Waals surface area contributed by atoms with Crippen LogP contribution in [0.3, 0.4) is 0 Å². The summed E-state index contributed by atoms with van der Waals surface area (Å²) in [5.74, 6) is 0.196. The summed E-state index contributed by atoms with van der Waals surface area (Å²) in [7, 11) is 0. The zero-order chi connectivity index (χ0) is 13.0. The van der Waals surface area contributed by atoms with Crippen molar-refractivity contribution in [2.45, 2.75) is 19.3 Å². The van der Waals surface area contributed by atoms with Gasteiger partial charge in [-0.3, -0.25) is 10.2 Å². The first-order chi connectivity index (χ1) is 8.66. The van der Waals surface area contributed by atoms with Gasteiger partial charge in [0.15, 0.2) is 0 Å². The van der Waals surface area contributed by atoms with Crippen LogP contribution in [0.15, 0.2) is 24.3 Å². The first-order valence-corrected chi connectivity index (χ1v) is 6.22. The third-order valence-electron chi connectivity index (χ3n) is 3.20. The molecule has 1 radical (unpaired) electrons. The van der Waals surface area contributed by atoms with Crippen molar-refractivity contribution in [3.63, 3.8) is 0 Å². The molecule has 0 aromatic heterocycles. The number of nitrogen functional groups attached to an aromatic ring is 1. The van der Waals surface area contributed by atoms with Gasteiger partial charge in [0.2, 0.25) is 5.91 Å². The number of hydrogen-bond acceptors (Lipinski definition) is 2. The zero-order valence-corrected chi connectivity index (χ0v) is 10.4. The van der Waals surface area contributed by atoms with Gasteiger partial charge in [-0.1, -0.05) is 24.3 Å². The van der Waals surface area contributed by atoms with E-state index >= 15 is 0 Å². The summed E-state index contributed by atoms with van der Waals surface area (Å²) < 4.78 is 0. The number of benzene rings is 1. The number of likely N-dealkylation sites (tertiary alicyclic amines) is 1. The Morgan fingerprint density at radius 2 is 1.89 bits per heavy atom. The normalized spacial score (nSPS) is 14.8. The topological polar surface area (TPSA) is 70.2 Å². The van der Waals surface area contributed by atoms with Gasteiger partial charge in [-0.15, -0.1) is 0 Å². The fraction of sp³-hybridized carbons (Fsp3) is 0.357. The lowest BCUT2D eigenvalue weighted by atomic mass is 10.1. The highest BCUT2D eigenvalue weighted by molar-refractivity contribution is 5.94. The van der Waals surface area contributed by atoms with Crippen molar-refractivity contribution < 1.29 is 4.79 Å². The van der Waals surface area contributed by atoms with Crippen LogP contribution in [0.4, 0.5) is 0 Å². The van der Waals surface area contributed by atoms with E-state index in [2.05, 4.69) is 0 Å². The molecule has 1 aromatic rings. The summed E-state index contributed by atoms with van der Waals surface area (Å²) in [5.41, 5.74) is 7.16. The van der Waals surface area contributed by atoms with E-state index in [0.29, 0.717) is 12.0 Å². The van der Waals surface area contributed by atoms with Crippen molar-refractivity contribution in [3.8, 4) is 0 Å². The molecule has 2 rings (SSSR count). The van der Waals surface area contributed by atoms with Crippen molar-refractivity contribution >= 4 is 11.7 Å². The van der Waals surface area contributed by atoms with Crippen LogP contribution in [0.5, 0.6) is 0 Å². The molecule has 1 amide bonds. The molecule has 1 saturated heterocycles. The smallest absolute Gasteiger partial charge is 0.226 e. The molecule has 0 saturated carbocycles. The SMILES string of the molecule is N=C(N)c1ccc(C[CH]C(=O)N2CCCC2)cc1. The number of amides is 1. The predicted octanol–water partition coefficient (Wildman–Crippen LogP) is 1.34. The molecule has 4 nitrogen and oxygen atoms in total. The third kappa shape index (κ3) is 3.09. The van der Waals surface area contributed by atoms with Crippen LogP contribution in [0.25, 0.3) is 0 Å². The zero-order valence-electron chi connectivity index (χ0n) is 10.4. The van der Waals surface area contributed by atoms with Crippen molar-refractivity contribution in [2.75, 3.05) is 13.1 Å². The van der Waals surface area contributed by atoms with Crippen LogP contribution < -0.4 is 5.73 Å². The van der Waals surface area contributed by atoms with Crippen molar-refractivity contribution in [1.29, 1.82) is 5.41 Å². The number of nitrogens with two attached hydrogens (primary N) is 1. The second-order valence-corrected chi connectivity index (χ2v) is 4.55.